The molecule has 1 aromatic carbocycles. The molecule has 8 heteroatoms. The van der Waals surface area contributed by atoms with Crippen molar-refractivity contribution in [3.8, 4) is 0 Å². The van der Waals surface area contributed by atoms with E-state index in [9.17, 15) is 19.2 Å². The number of hydrogen-bond donors (Lipinski definition) is 4. The van der Waals surface area contributed by atoms with Crippen molar-refractivity contribution in [2.75, 3.05) is 13.1 Å². The third kappa shape index (κ3) is 7.92. The fraction of sp³-hybridized carbons (Fsp3) is 0.375. The van der Waals surface area contributed by atoms with Crippen LogP contribution in [-0.4, -0.2) is 42.8 Å². The maximum absolute atomic E-state index is 11.9. The topological polar surface area (TPSA) is 130 Å². The summed E-state index contributed by atoms with van der Waals surface area (Å²) in [5, 5.41) is 7.36. The summed E-state index contributed by atoms with van der Waals surface area (Å²) in [5.74, 6) is -2.19. The highest BCUT2D eigenvalue weighted by molar-refractivity contribution is 5.93. The molecule has 24 heavy (non-hydrogen) atoms. The van der Waals surface area contributed by atoms with Crippen LogP contribution in [0.25, 0.3) is 0 Å². The monoisotopic (exact) mass is 334 g/mol. The second-order valence-corrected chi connectivity index (χ2v) is 5.23. The number of nitrogens with two attached hydrogens (primary N) is 1. The number of carbonyl (C=O) groups is 4. The van der Waals surface area contributed by atoms with Gasteiger partial charge in [0.1, 0.15) is 6.04 Å². The Hall–Kier alpha value is -2.90. The van der Waals surface area contributed by atoms with E-state index in [1.165, 1.54) is 6.92 Å². The van der Waals surface area contributed by atoms with E-state index in [1.807, 2.05) is 30.3 Å². The fourth-order valence-corrected chi connectivity index (χ4v) is 2.00. The molecule has 0 fully saturated rings. The van der Waals surface area contributed by atoms with Crippen LogP contribution in [0.1, 0.15) is 18.9 Å². The second-order valence-electron chi connectivity index (χ2n) is 5.23. The van der Waals surface area contributed by atoms with Crippen molar-refractivity contribution in [2.45, 2.75) is 25.8 Å². The molecule has 0 unspecified atom stereocenters. The normalized spacial score (nSPS) is 11.2. The molecule has 0 aliphatic carbocycles. The van der Waals surface area contributed by atoms with E-state index in [4.69, 9.17) is 5.73 Å². The SMILES string of the molecule is CC(=O)N[C@@H](CC(N)=O)C(=O)NCC(=O)NCCc1ccccc1. The second kappa shape index (κ2) is 9.98. The summed E-state index contributed by atoms with van der Waals surface area (Å²) in [5.41, 5.74) is 6.13. The Bertz CT molecular complexity index is 573. The molecular formula is C16H22N4O4. The third-order valence-electron chi connectivity index (χ3n) is 3.10. The molecule has 0 aromatic heterocycles. The zero-order valence-electron chi connectivity index (χ0n) is 13.5. The molecule has 0 saturated carbocycles. The first-order chi connectivity index (χ1) is 11.4. The lowest BCUT2D eigenvalue weighted by Crippen LogP contribution is -2.50. The Morgan fingerprint density at radius 2 is 1.75 bits per heavy atom. The van der Waals surface area contributed by atoms with Gasteiger partial charge < -0.3 is 21.7 Å². The lowest BCUT2D eigenvalue weighted by Gasteiger charge is -2.16. The largest absolute Gasteiger partial charge is 0.370 e. The van der Waals surface area contributed by atoms with Crippen molar-refractivity contribution in [2.24, 2.45) is 5.73 Å². The molecule has 1 rings (SSSR count). The van der Waals surface area contributed by atoms with Gasteiger partial charge in [0.15, 0.2) is 0 Å². The Balaban J connectivity index is 2.34. The molecule has 5 N–H and O–H groups in total. The summed E-state index contributed by atoms with van der Waals surface area (Å²) >= 11 is 0. The molecule has 4 amide bonds. The van der Waals surface area contributed by atoms with E-state index in [-0.39, 0.29) is 18.9 Å². The molecule has 0 heterocycles. The van der Waals surface area contributed by atoms with Gasteiger partial charge in [0.2, 0.25) is 23.6 Å². The maximum Gasteiger partial charge on any atom is 0.243 e. The van der Waals surface area contributed by atoms with Gasteiger partial charge in [-0.15, -0.1) is 0 Å². The molecule has 0 radical (unpaired) electrons. The van der Waals surface area contributed by atoms with Crippen LogP contribution in [0, 0.1) is 0 Å². The van der Waals surface area contributed by atoms with E-state index < -0.39 is 23.8 Å². The molecule has 0 bridgehead atoms. The minimum Gasteiger partial charge on any atom is -0.370 e. The fourth-order valence-electron chi connectivity index (χ4n) is 2.00. The molecule has 0 aliphatic rings. The van der Waals surface area contributed by atoms with Crippen molar-refractivity contribution in [1.29, 1.82) is 0 Å². The average molecular weight is 334 g/mol. The maximum atomic E-state index is 11.9. The number of primary amides is 1. The van der Waals surface area contributed by atoms with Gasteiger partial charge in [-0.3, -0.25) is 19.2 Å². The average Bonchev–Trinajstić information content (AvgIpc) is 2.52. The van der Waals surface area contributed by atoms with Crippen molar-refractivity contribution in [3.05, 3.63) is 35.9 Å². The lowest BCUT2D eigenvalue weighted by atomic mass is 10.1. The number of hydrogen-bond acceptors (Lipinski definition) is 4. The summed E-state index contributed by atoms with van der Waals surface area (Å²) in [6.07, 6.45) is 0.345. The van der Waals surface area contributed by atoms with Gasteiger partial charge in [-0.25, -0.2) is 0 Å². The quantitative estimate of drug-likeness (QED) is 0.454. The zero-order valence-corrected chi connectivity index (χ0v) is 13.5. The molecule has 1 atom stereocenters. The Kier molecular flexibility index (Phi) is 7.97. The highest BCUT2D eigenvalue weighted by Crippen LogP contribution is 1.98. The van der Waals surface area contributed by atoms with Crippen molar-refractivity contribution >= 4 is 23.6 Å². The standard InChI is InChI=1S/C16H22N4O4/c1-11(21)20-13(9-14(17)22)16(24)19-10-15(23)18-8-7-12-5-3-2-4-6-12/h2-6,13H,7-10H2,1H3,(H2,17,22)(H,18,23)(H,19,24)(H,20,21)/t13-/m0/s1. The predicted octanol–water partition coefficient (Wildman–Crippen LogP) is -1.16. The number of amides is 4. The molecule has 0 saturated heterocycles. The number of benzene rings is 1. The van der Waals surface area contributed by atoms with Gasteiger partial charge in [0.05, 0.1) is 13.0 Å². The zero-order chi connectivity index (χ0) is 17.9. The van der Waals surface area contributed by atoms with Crippen molar-refractivity contribution in [3.63, 3.8) is 0 Å². The van der Waals surface area contributed by atoms with Crippen molar-refractivity contribution in [1.82, 2.24) is 16.0 Å². The van der Waals surface area contributed by atoms with E-state index in [1.54, 1.807) is 0 Å². The highest BCUT2D eigenvalue weighted by Gasteiger charge is 2.21. The predicted molar refractivity (Wildman–Crippen MR) is 87.6 cm³/mol. The van der Waals surface area contributed by atoms with Crippen LogP contribution in [0.2, 0.25) is 0 Å². The van der Waals surface area contributed by atoms with E-state index in [0.717, 1.165) is 5.56 Å². The van der Waals surface area contributed by atoms with Gasteiger partial charge in [0.25, 0.3) is 0 Å². The molecular weight excluding hydrogens is 312 g/mol. The third-order valence-corrected chi connectivity index (χ3v) is 3.10. The van der Waals surface area contributed by atoms with E-state index >= 15 is 0 Å². The van der Waals surface area contributed by atoms with E-state index in [0.29, 0.717) is 13.0 Å². The van der Waals surface area contributed by atoms with Gasteiger partial charge in [-0.1, -0.05) is 30.3 Å². The summed E-state index contributed by atoms with van der Waals surface area (Å²) in [4.78, 5) is 45.6. The Morgan fingerprint density at radius 1 is 1.08 bits per heavy atom. The first-order valence-corrected chi connectivity index (χ1v) is 7.52. The van der Waals surface area contributed by atoms with Crippen LogP contribution in [0.3, 0.4) is 0 Å². The van der Waals surface area contributed by atoms with Gasteiger partial charge in [-0.05, 0) is 12.0 Å². The van der Waals surface area contributed by atoms with Crippen LogP contribution in [0.15, 0.2) is 30.3 Å². The number of nitrogens with one attached hydrogen (secondary N) is 3. The summed E-state index contributed by atoms with van der Waals surface area (Å²) in [6.45, 7) is 1.41. The molecule has 8 nitrogen and oxygen atoms in total. The number of carbonyl (C=O) groups excluding carboxylic acids is 4. The van der Waals surface area contributed by atoms with E-state index in [2.05, 4.69) is 16.0 Å². The van der Waals surface area contributed by atoms with Crippen LogP contribution < -0.4 is 21.7 Å². The molecule has 1 aromatic rings. The molecule has 0 spiro atoms. The first-order valence-electron chi connectivity index (χ1n) is 7.52. The number of rotatable bonds is 9. The first kappa shape index (κ1) is 19.1. The lowest BCUT2D eigenvalue weighted by molar-refractivity contribution is -0.131. The van der Waals surface area contributed by atoms with Crippen LogP contribution in [0.4, 0.5) is 0 Å². The highest BCUT2D eigenvalue weighted by atomic mass is 16.2. The summed E-state index contributed by atoms with van der Waals surface area (Å²) in [6, 6.07) is 8.56. The van der Waals surface area contributed by atoms with Gasteiger partial charge in [0, 0.05) is 13.5 Å². The summed E-state index contributed by atoms with van der Waals surface area (Å²) in [7, 11) is 0. The minimum absolute atomic E-state index is 0.248. The van der Waals surface area contributed by atoms with Crippen LogP contribution in [0.5, 0.6) is 0 Å². The Morgan fingerprint density at radius 3 is 2.33 bits per heavy atom. The van der Waals surface area contributed by atoms with Crippen molar-refractivity contribution < 1.29 is 19.2 Å². The smallest absolute Gasteiger partial charge is 0.243 e. The van der Waals surface area contributed by atoms with Crippen LogP contribution >= 0.6 is 0 Å². The summed E-state index contributed by atoms with van der Waals surface area (Å²) < 4.78 is 0. The van der Waals surface area contributed by atoms with Gasteiger partial charge >= 0.3 is 0 Å². The van der Waals surface area contributed by atoms with Crippen LogP contribution in [-0.2, 0) is 25.6 Å². The minimum atomic E-state index is -1.09. The molecule has 0 aliphatic heterocycles. The van der Waals surface area contributed by atoms with Gasteiger partial charge in [-0.2, -0.15) is 0 Å². The molecule has 130 valence electrons. The Labute approximate surface area is 140 Å².